The molecule has 3 rings (SSSR count). The van der Waals surface area contributed by atoms with E-state index in [1.807, 2.05) is 11.8 Å². The summed E-state index contributed by atoms with van der Waals surface area (Å²) in [6.07, 6.45) is 6.64. The molecule has 1 amide bonds. The highest BCUT2D eigenvalue weighted by atomic mass is 127. The third-order valence-corrected chi connectivity index (χ3v) is 6.14. The first-order valence-electron chi connectivity index (χ1n) is 12.3. The van der Waals surface area contributed by atoms with Crippen LogP contribution in [0.3, 0.4) is 0 Å². The topological polar surface area (TPSA) is 75.2 Å². The Bertz CT molecular complexity index is 690. The van der Waals surface area contributed by atoms with Gasteiger partial charge in [0.1, 0.15) is 6.54 Å². The first kappa shape index (κ1) is 27.9. The molecule has 8 heteroatoms. The predicted molar refractivity (Wildman–Crippen MR) is 143 cm³/mol. The number of rotatable bonds is 11. The molecule has 0 saturated carbocycles. The molecule has 0 radical (unpaired) electrons. The van der Waals surface area contributed by atoms with Gasteiger partial charge in [-0.2, -0.15) is 0 Å². The second-order valence-electron chi connectivity index (χ2n) is 8.70. The van der Waals surface area contributed by atoms with Gasteiger partial charge in [0.15, 0.2) is 5.96 Å². The number of amides is 1. The summed E-state index contributed by atoms with van der Waals surface area (Å²) in [5, 5.41) is 6.52. The van der Waals surface area contributed by atoms with Crippen LogP contribution in [0.5, 0.6) is 0 Å². The van der Waals surface area contributed by atoms with Crippen molar-refractivity contribution in [3.63, 3.8) is 0 Å². The fourth-order valence-corrected chi connectivity index (χ4v) is 4.29. The molecule has 2 heterocycles. The number of nitrogens with one attached hydrogen (secondary N) is 2. The molecule has 186 valence electrons. The lowest BCUT2D eigenvalue weighted by Gasteiger charge is -2.32. The molecule has 2 N–H and O–H groups in total. The Morgan fingerprint density at radius 3 is 2.67 bits per heavy atom. The molecular weight excluding hydrogens is 531 g/mol. The molecule has 1 aromatic rings. The monoisotopic (exact) mass is 572 g/mol. The van der Waals surface area contributed by atoms with E-state index < -0.39 is 0 Å². The van der Waals surface area contributed by atoms with E-state index in [4.69, 9.17) is 9.47 Å². The van der Waals surface area contributed by atoms with Crippen LogP contribution in [0.2, 0.25) is 0 Å². The maximum Gasteiger partial charge on any atom is 0.244 e. The van der Waals surface area contributed by atoms with Crippen molar-refractivity contribution in [2.75, 3.05) is 52.5 Å². The van der Waals surface area contributed by atoms with Crippen LogP contribution >= 0.6 is 24.0 Å². The minimum absolute atomic E-state index is 0. The van der Waals surface area contributed by atoms with Gasteiger partial charge in [-0.3, -0.25) is 4.79 Å². The Balaban J connectivity index is 0.00000385. The van der Waals surface area contributed by atoms with E-state index >= 15 is 0 Å². The largest absolute Gasteiger partial charge is 0.379 e. The smallest absolute Gasteiger partial charge is 0.244 e. The normalized spacial score (nSPS) is 19.2. The van der Waals surface area contributed by atoms with E-state index in [-0.39, 0.29) is 42.5 Å². The number of halogens is 1. The molecule has 0 aliphatic carbocycles. The van der Waals surface area contributed by atoms with Gasteiger partial charge in [-0.05, 0) is 56.9 Å². The average molecular weight is 573 g/mol. The molecule has 0 spiro atoms. The summed E-state index contributed by atoms with van der Waals surface area (Å²) in [7, 11) is 0. The number of carbonyl (C=O) groups excluding carboxylic acids is 1. The number of hydrogen-bond acceptors (Lipinski definition) is 4. The number of likely N-dealkylation sites (tertiary alicyclic amines) is 1. The minimum Gasteiger partial charge on any atom is -0.379 e. The Kier molecular flexibility index (Phi) is 13.7. The van der Waals surface area contributed by atoms with Crippen molar-refractivity contribution in [1.29, 1.82) is 0 Å². The first-order chi connectivity index (χ1) is 15.7. The zero-order valence-electron chi connectivity index (χ0n) is 20.0. The molecule has 0 bridgehead atoms. The van der Waals surface area contributed by atoms with Crippen LogP contribution < -0.4 is 10.6 Å². The lowest BCUT2D eigenvalue weighted by molar-refractivity contribution is -0.130. The summed E-state index contributed by atoms with van der Waals surface area (Å²) >= 11 is 0. The van der Waals surface area contributed by atoms with Gasteiger partial charge in [-0.1, -0.05) is 30.3 Å². The van der Waals surface area contributed by atoms with Gasteiger partial charge >= 0.3 is 0 Å². The highest BCUT2D eigenvalue weighted by molar-refractivity contribution is 14.0. The molecule has 2 fully saturated rings. The SMILES string of the molecule is CCNC(=NCC(=O)N1CCC(Cc2ccccc2)CC1)NCCCOCC1CCCO1.I. The van der Waals surface area contributed by atoms with Crippen LogP contribution in [0.4, 0.5) is 0 Å². The van der Waals surface area contributed by atoms with Crippen molar-refractivity contribution >= 4 is 35.8 Å². The lowest BCUT2D eigenvalue weighted by Crippen LogP contribution is -2.42. The number of ether oxygens (including phenoxy) is 2. The average Bonchev–Trinajstić information content (AvgIpc) is 3.34. The number of benzene rings is 1. The number of guanidine groups is 1. The van der Waals surface area contributed by atoms with Gasteiger partial charge in [0.25, 0.3) is 0 Å². The first-order valence-corrected chi connectivity index (χ1v) is 12.3. The number of carbonyl (C=O) groups is 1. The maximum atomic E-state index is 12.6. The Labute approximate surface area is 216 Å². The summed E-state index contributed by atoms with van der Waals surface area (Å²) in [5.74, 6) is 1.46. The summed E-state index contributed by atoms with van der Waals surface area (Å²) in [5.41, 5.74) is 1.39. The summed E-state index contributed by atoms with van der Waals surface area (Å²) in [6.45, 7) is 7.65. The molecule has 1 unspecified atom stereocenters. The van der Waals surface area contributed by atoms with Crippen molar-refractivity contribution in [2.24, 2.45) is 10.9 Å². The van der Waals surface area contributed by atoms with Gasteiger partial charge in [-0.25, -0.2) is 4.99 Å². The van der Waals surface area contributed by atoms with Crippen LogP contribution in [0, 0.1) is 5.92 Å². The Hall–Kier alpha value is -1.39. The van der Waals surface area contributed by atoms with Crippen molar-refractivity contribution in [3.8, 4) is 0 Å². The molecular formula is C25H41IN4O3. The van der Waals surface area contributed by atoms with Gasteiger partial charge in [0.05, 0.1) is 12.7 Å². The maximum absolute atomic E-state index is 12.6. The second-order valence-corrected chi connectivity index (χ2v) is 8.70. The summed E-state index contributed by atoms with van der Waals surface area (Å²) in [4.78, 5) is 19.1. The molecule has 1 aromatic carbocycles. The van der Waals surface area contributed by atoms with Gasteiger partial charge in [-0.15, -0.1) is 24.0 Å². The third-order valence-electron chi connectivity index (χ3n) is 6.14. The minimum atomic E-state index is 0. The number of nitrogens with zero attached hydrogens (tertiary/aromatic N) is 2. The van der Waals surface area contributed by atoms with E-state index in [0.29, 0.717) is 25.1 Å². The molecule has 0 aromatic heterocycles. The second kappa shape index (κ2) is 16.3. The Morgan fingerprint density at radius 2 is 1.97 bits per heavy atom. The fraction of sp³-hybridized carbons (Fsp3) is 0.680. The molecule has 33 heavy (non-hydrogen) atoms. The van der Waals surface area contributed by atoms with E-state index in [9.17, 15) is 4.79 Å². The van der Waals surface area contributed by atoms with E-state index in [1.54, 1.807) is 0 Å². The Morgan fingerprint density at radius 1 is 1.18 bits per heavy atom. The van der Waals surface area contributed by atoms with Gasteiger partial charge in [0.2, 0.25) is 5.91 Å². The van der Waals surface area contributed by atoms with E-state index in [2.05, 4.69) is 46.0 Å². The summed E-state index contributed by atoms with van der Waals surface area (Å²) < 4.78 is 11.3. The van der Waals surface area contributed by atoms with E-state index in [1.165, 1.54) is 5.56 Å². The number of aliphatic imine (C=N–C) groups is 1. The van der Waals surface area contributed by atoms with E-state index in [0.717, 1.165) is 71.3 Å². The molecule has 1 atom stereocenters. The van der Waals surface area contributed by atoms with Crippen LogP contribution in [-0.2, 0) is 20.7 Å². The van der Waals surface area contributed by atoms with Crippen LogP contribution in [0.25, 0.3) is 0 Å². The fourth-order valence-electron chi connectivity index (χ4n) is 4.29. The predicted octanol–water partition coefficient (Wildman–Crippen LogP) is 3.23. The van der Waals surface area contributed by atoms with Crippen molar-refractivity contribution in [1.82, 2.24) is 15.5 Å². The zero-order valence-corrected chi connectivity index (χ0v) is 22.3. The standard InChI is InChI=1S/C25H40N4O3.HI/c1-2-26-25(27-13-7-16-31-20-23-10-6-17-32-23)28-19-24(30)29-14-11-22(12-15-29)18-21-8-4-3-5-9-21;/h3-5,8-9,22-23H,2,6-7,10-20H2,1H3,(H2,26,27,28);1H. The molecule has 7 nitrogen and oxygen atoms in total. The number of hydrogen-bond donors (Lipinski definition) is 2. The summed E-state index contributed by atoms with van der Waals surface area (Å²) in [6, 6.07) is 10.6. The van der Waals surface area contributed by atoms with Crippen molar-refractivity contribution < 1.29 is 14.3 Å². The molecule has 2 aliphatic heterocycles. The highest BCUT2D eigenvalue weighted by Gasteiger charge is 2.22. The quantitative estimate of drug-likeness (QED) is 0.185. The van der Waals surface area contributed by atoms with Crippen LogP contribution in [-0.4, -0.2) is 75.4 Å². The zero-order chi connectivity index (χ0) is 22.4. The number of piperidine rings is 1. The molecule has 2 saturated heterocycles. The van der Waals surface area contributed by atoms with Crippen molar-refractivity contribution in [2.45, 2.75) is 51.6 Å². The third kappa shape index (κ3) is 10.6. The highest BCUT2D eigenvalue weighted by Crippen LogP contribution is 2.21. The lowest BCUT2D eigenvalue weighted by atomic mass is 9.90. The van der Waals surface area contributed by atoms with Gasteiger partial charge in [0, 0.05) is 39.4 Å². The van der Waals surface area contributed by atoms with Crippen LogP contribution in [0.1, 0.15) is 44.6 Å². The molecule has 2 aliphatic rings. The van der Waals surface area contributed by atoms with Gasteiger partial charge < -0.3 is 25.0 Å². The van der Waals surface area contributed by atoms with Crippen LogP contribution in [0.15, 0.2) is 35.3 Å². The van der Waals surface area contributed by atoms with Crippen molar-refractivity contribution in [3.05, 3.63) is 35.9 Å².